The fraction of sp³-hybridized carbons (Fsp3) is 0.125. The van der Waals surface area contributed by atoms with Crippen molar-refractivity contribution in [2.75, 3.05) is 6.61 Å². The quantitative estimate of drug-likeness (QED) is 0.0754. The van der Waals surface area contributed by atoms with Gasteiger partial charge in [0.25, 0.3) is 0 Å². The molecule has 0 radical (unpaired) electrons. The second-order valence-corrected chi connectivity index (χ2v) is 18.5. The molecule has 1 saturated heterocycles. The maximum atomic E-state index is 14.4. The first-order valence-electron chi connectivity index (χ1n) is 22.6. The summed E-state index contributed by atoms with van der Waals surface area (Å²) >= 11 is 8.67. The summed E-state index contributed by atoms with van der Waals surface area (Å²) in [5.41, 5.74) is 2.26. The molecule has 9 rings (SSSR count). The molecule has 0 bridgehead atoms. The Labute approximate surface area is 427 Å². The molecule has 2 heterocycles. The Hall–Kier alpha value is -7.95. The fourth-order valence-corrected chi connectivity index (χ4v) is 9.75. The second kappa shape index (κ2) is 23.3. The molecule has 1 aliphatic rings. The van der Waals surface area contributed by atoms with Crippen LogP contribution in [0.25, 0.3) is 5.69 Å². The van der Waals surface area contributed by atoms with Crippen molar-refractivity contribution < 1.29 is 42.9 Å². The zero-order chi connectivity index (χ0) is 49.8. The summed E-state index contributed by atoms with van der Waals surface area (Å²) in [5.74, 6) is -3.15. The van der Waals surface area contributed by atoms with E-state index in [0.29, 0.717) is 31.7 Å². The predicted octanol–water partition coefficient (Wildman–Crippen LogP) is 10.7. The lowest BCUT2D eigenvalue weighted by Crippen LogP contribution is -2.62. The number of nitrogens with zero attached hydrogens (tertiary/aromatic N) is 4. The van der Waals surface area contributed by atoms with Crippen LogP contribution < -0.4 is 9.60 Å². The lowest BCUT2D eigenvalue weighted by atomic mass is 9.98. The molecular weight excluding hydrogens is 972 g/mol. The molecule has 1 aromatic heterocycles. The predicted molar refractivity (Wildman–Crippen MR) is 273 cm³/mol. The molecule has 0 unspecified atom stereocenters. The maximum Gasteiger partial charge on any atom is 0.338 e. The van der Waals surface area contributed by atoms with Crippen LogP contribution in [0.2, 0.25) is 5.02 Å². The summed E-state index contributed by atoms with van der Waals surface area (Å²) in [4.78, 5) is 72.5. The van der Waals surface area contributed by atoms with E-state index in [-0.39, 0.29) is 27.4 Å². The molecule has 5 atom stereocenters. The maximum absolute atomic E-state index is 14.4. The van der Waals surface area contributed by atoms with E-state index in [1.165, 1.54) is 11.3 Å². The third kappa shape index (κ3) is 12.3. The zero-order valence-electron chi connectivity index (χ0n) is 38.3. The van der Waals surface area contributed by atoms with Gasteiger partial charge in [-0.05, 0) is 104 Å². The number of ether oxygens (including phenoxy) is 5. The van der Waals surface area contributed by atoms with Gasteiger partial charge >= 0.3 is 23.9 Å². The van der Waals surface area contributed by atoms with Gasteiger partial charge in [0.15, 0.2) is 33.7 Å². The molecule has 16 heteroatoms. The summed E-state index contributed by atoms with van der Waals surface area (Å²) in [7, 11) is 0. The Kier molecular flexibility index (Phi) is 15.9. The summed E-state index contributed by atoms with van der Waals surface area (Å²) in [6.07, 6.45) is -6.07. The van der Waals surface area contributed by atoms with E-state index in [2.05, 4.69) is 0 Å². The van der Waals surface area contributed by atoms with Crippen LogP contribution >= 0.6 is 34.7 Å². The Balaban J connectivity index is 1.25. The van der Waals surface area contributed by atoms with Gasteiger partial charge in [0.2, 0.25) is 4.80 Å². The molecule has 1 fully saturated rings. The number of benzene rings is 7. The molecule has 0 amide bonds. The number of carbonyl (C=O) groups is 4. The van der Waals surface area contributed by atoms with Crippen molar-refractivity contribution in [2.45, 2.75) is 41.9 Å². The molecule has 0 N–H and O–H groups in total. The van der Waals surface area contributed by atoms with Gasteiger partial charge in [0.05, 0.1) is 39.3 Å². The smallest absolute Gasteiger partial charge is 0.338 e. The third-order valence-electron chi connectivity index (χ3n) is 11.0. The van der Waals surface area contributed by atoms with E-state index in [1.54, 1.807) is 150 Å². The monoisotopic (exact) mass is 1010 g/mol. The Morgan fingerprint density at radius 1 is 0.569 bits per heavy atom. The third-order valence-corrected chi connectivity index (χ3v) is 13.2. The molecule has 0 saturated carbocycles. The largest absolute Gasteiger partial charge is 0.459 e. The van der Waals surface area contributed by atoms with Gasteiger partial charge in [-0.1, -0.05) is 143 Å². The van der Waals surface area contributed by atoms with Crippen molar-refractivity contribution in [3.05, 3.63) is 243 Å². The first-order valence-corrected chi connectivity index (χ1v) is 24.7. The lowest BCUT2D eigenvalue weighted by molar-refractivity contribution is -0.207. The van der Waals surface area contributed by atoms with Gasteiger partial charge in [-0.15, -0.1) is 0 Å². The minimum absolute atomic E-state index is 0.155. The standard InChI is InChI=1S/C56H43ClN4O9S2/c1-36-27-31-43(32-28-36)58-54-60-56(61(44-33-29-41(57)30-34-44)55(72-54)59-42-25-15-6-16-26-42)71-53-48(70-52(65)40-23-13-5-14-24-40)47(69-51(64)39-21-11-4-12-22-39)46(68-50(63)38-19-9-3-10-20-38)45(67-53)35-66-49(62)37-17-7-2-8-18-37/h2-34,45-48,53H,35H2,1H3/t45-,46-,47+,48-,53+/m1/s1. The van der Waals surface area contributed by atoms with Gasteiger partial charge in [-0.3, -0.25) is 4.57 Å². The normalized spacial score (nSPS) is 17.9. The van der Waals surface area contributed by atoms with Crippen LogP contribution in [0.3, 0.4) is 0 Å². The molecule has 7 aromatic carbocycles. The topological polar surface area (TPSA) is 157 Å². The average molecular weight is 1020 g/mol. The number of hydrogen-bond acceptors (Lipinski definition) is 14. The first-order chi connectivity index (χ1) is 35.1. The fourth-order valence-electron chi connectivity index (χ4n) is 7.44. The van der Waals surface area contributed by atoms with Crippen molar-refractivity contribution in [1.29, 1.82) is 0 Å². The van der Waals surface area contributed by atoms with Crippen LogP contribution in [0.1, 0.15) is 47.0 Å². The molecule has 0 aliphatic carbocycles. The van der Waals surface area contributed by atoms with Gasteiger partial charge in [-0.25, -0.2) is 29.2 Å². The number of thioether (sulfide) groups is 1. The summed E-state index contributed by atoms with van der Waals surface area (Å²) in [5, 5.41) is 0.712. The number of esters is 4. The lowest BCUT2D eigenvalue weighted by Gasteiger charge is -2.44. The van der Waals surface area contributed by atoms with Gasteiger partial charge in [0.1, 0.15) is 12.7 Å². The van der Waals surface area contributed by atoms with Crippen LogP contribution in [-0.4, -0.2) is 69.9 Å². The second-order valence-electron chi connectivity index (χ2n) is 16.1. The highest BCUT2D eigenvalue weighted by molar-refractivity contribution is 7.99. The van der Waals surface area contributed by atoms with Crippen LogP contribution in [0, 0.1) is 6.92 Å². The average Bonchev–Trinajstić information content (AvgIpc) is 3.41. The van der Waals surface area contributed by atoms with Crippen LogP contribution in [0.4, 0.5) is 11.4 Å². The first kappa shape index (κ1) is 49.0. The molecule has 8 aromatic rings. The number of hydrogen-bond donors (Lipinski definition) is 0. The molecule has 13 nitrogen and oxygen atoms in total. The van der Waals surface area contributed by atoms with Crippen molar-refractivity contribution in [3.63, 3.8) is 0 Å². The van der Waals surface area contributed by atoms with Crippen LogP contribution in [0.5, 0.6) is 0 Å². The van der Waals surface area contributed by atoms with E-state index in [1.807, 2.05) is 61.5 Å². The van der Waals surface area contributed by atoms with Crippen LogP contribution in [0.15, 0.2) is 215 Å². The Morgan fingerprint density at radius 2 is 1.03 bits per heavy atom. The number of aromatic nitrogens is 2. The summed E-state index contributed by atoms with van der Waals surface area (Å²) in [6, 6.07) is 57.0. The number of para-hydroxylation sites is 1. The number of halogens is 1. The highest BCUT2D eigenvalue weighted by Crippen LogP contribution is 2.38. The number of carbonyl (C=O) groups excluding carboxylic acids is 4. The minimum Gasteiger partial charge on any atom is -0.459 e. The van der Waals surface area contributed by atoms with E-state index in [9.17, 15) is 19.2 Å². The highest BCUT2D eigenvalue weighted by Gasteiger charge is 2.54. The van der Waals surface area contributed by atoms with Gasteiger partial charge < -0.3 is 23.7 Å². The van der Waals surface area contributed by atoms with Crippen molar-refractivity contribution in [2.24, 2.45) is 9.98 Å². The minimum atomic E-state index is -1.61. The van der Waals surface area contributed by atoms with Crippen molar-refractivity contribution >= 4 is 70.0 Å². The summed E-state index contributed by atoms with van der Waals surface area (Å²) < 4.78 is 33.8. The zero-order valence-corrected chi connectivity index (χ0v) is 40.7. The van der Waals surface area contributed by atoms with Crippen LogP contribution in [-0.2, 0) is 23.7 Å². The Bertz CT molecular complexity index is 3290. The molecular formula is C56H43ClN4O9S2. The van der Waals surface area contributed by atoms with Gasteiger partial charge in [0, 0.05) is 5.02 Å². The Morgan fingerprint density at radius 3 is 1.56 bits per heavy atom. The van der Waals surface area contributed by atoms with Crippen molar-refractivity contribution in [3.8, 4) is 5.69 Å². The van der Waals surface area contributed by atoms with E-state index < -0.39 is 60.3 Å². The molecule has 0 spiro atoms. The highest BCUT2D eigenvalue weighted by atomic mass is 35.5. The van der Waals surface area contributed by atoms with E-state index in [4.69, 9.17) is 50.3 Å². The molecule has 360 valence electrons. The molecule has 72 heavy (non-hydrogen) atoms. The SMILES string of the molecule is Cc1ccc(N=c2nc(S[C@@H]3O[C@H](COC(=O)c4ccccc4)[C@@H](OC(=O)c4ccccc4)[C@H](OC(=O)c4ccccc4)[C@H]3OC(=O)c3ccccc3)n(-c3ccc(Cl)cc3)c(=Nc3ccccc3)s2)cc1. The van der Waals surface area contributed by atoms with E-state index in [0.717, 1.165) is 17.3 Å². The number of aryl methyl sites for hydroxylation is 1. The van der Waals surface area contributed by atoms with E-state index >= 15 is 0 Å². The van der Waals surface area contributed by atoms with Crippen molar-refractivity contribution in [1.82, 2.24) is 9.55 Å². The van der Waals surface area contributed by atoms with Gasteiger partial charge in [-0.2, -0.15) is 4.98 Å². The number of rotatable bonds is 14. The summed E-state index contributed by atoms with van der Waals surface area (Å²) in [6.45, 7) is 1.47. The molecule has 1 aliphatic heterocycles.